The van der Waals surface area contributed by atoms with Gasteiger partial charge in [-0.25, -0.2) is 4.79 Å². The number of nitrogens with zero attached hydrogens (tertiary/aromatic N) is 1. The van der Waals surface area contributed by atoms with Crippen molar-refractivity contribution < 1.29 is 24.2 Å². The van der Waals surface area contributed by atoms with Gasteiger partial charge in [-0.15, -0.1) is 11.3 Å². The molecular weight excluding hydrogens is 404 g/mol. The molecule has 30 heavy (non-hydrogen) atoms. The zero-order chi connectivity index (χ0) is 21.7. The van der Waals surface area contributed by atoms with Gasteiger partial charge in [0.05, 0.1) is 13.2 Å². The number of fused-ring (bicyclic) bond motifs is 1. The summed E-state index contributed by atoms with van der Waals surface area (Å²) in [7, 11) is 1.31. The molecule has 1 aliphatic rings. The third kappa shape index (κ3) is 4.88. The Bertz CT molecular complexity index is 898. The second kappa shape index (κ2) is 9.86. The quantitative estimate of drug-likeness (QED) is 0.625. The average molecular weight is 431 g/mol. The number of methoxy groups -OCH3 is 1. The lowest BCUT2D eigenvalue weighted by molar-refractivity contribution is -0.152. The summed E-state index contributed by atoms with van der Waals surface area (Å²) in [6, 6.07) is 9.28. The second-order valence-corrected chi connectivity index (χ2v) is 8.27. The molecule has 8 heteroatoms. The van der Waals surface area contributed by atoms with E-state index in [4.69, 9.17) is 4.74 Å². The fourth-order valence-corrected chi connectivity index (χ4v) is 4.83. The largest absolute Gasteiger partial charge is 0.479 e. The number of carbonyl (C=O) groups is 3. The highest BCUT2D eigenvalue weighted by Gasteiger charge is 2.39. The van der Waals surface area contributed by atoms with Crippen LogP contribution in [0.25, 0.3) is 0 Å². The maximum Gasteiger partial charge on any atom is 0.331 e. The summed E-state index contributed by atoms with van der Waals surface area (Å²) in [6.45, 7) is 1.99. The van der Waals surface area contributed by atoms with E-state index in [1.807, 2.05) is 41.8 Å². The molecule has 3 rings (SSSR count). The summed E-state index contributed by atoms with van der Waals surface area (Å²) < 4.78 is 4.90. The molecule has 0 bridgehead atoms. The number of nitrogens with one attached hydrogen (secondary N) is 1. The minimum Gasteiger partial charge on any atom is -0.479 e. The number of carboxylic acids is 1. The van der Waals surface area contributed by atoms with Crippen molar-refractivity contribution in [2.24, 2.45) is 0 Å². The number of rotatable bonds is 8. The van der Waals surface area contributed by atoms with Crippen LogP contribution in [-0.4, -0.2) is 53.6 Å². The Hall–Kier alpha value is -2.71. The Kier molecular flexibility index (Phi) is 7.23. The average Bonchev–Trinajstić information content (AvgIpc) is 3.23. The second-order valence-electron chi connectivity index (χ2n) is 7.32. The molecule has 3 unspecified atom stereocenters. The van der Waals surface area contributed by atoms with Crippen molar-refractivity contribution in [2.45, 2.75) is 44.3 Å². The fourth-order valence-electron chi connectivity index (χ4n) is 3.78. The Morgan fingerprint density at radius 2 is 2.00 bits per heavy atom. The van der Waals surface area contributed by atoms with E-state index in [2.05, 4.69) is 5.32 Å². The number of aliphatic carboxylic acids is 1. The van der Waals surface area contributed by atoms with Crippen molar-refractivity contribution in [2.75, 3.05) is 13.7 Å². The third-order valence-corrected chi connectivity index (χ3v) is 6.36. The molecule has 0 saturated carbocycles. The van der Waals surface area contributed by atoms with Crippen molar-refractivity contribution in [3.63, 3.8) is 0 Å². The maximum atomic E-state index is 13.1. The molecule has 2 aromatic rings. The lowest BCUT2D eigenvalue weighted by Crippen LogP contribution is -2.54. The lowest BCUT2D eigenvalue weighted by Gasteiger charge is -2.35. The third-order valence-electron chi connectivity index (χ3n) is 5.35. The molecule has 0 aliphatic carbocycles. The topological polar surface area (TPSA) is 95.9 Å². The fraction of sp³-hybridized carbons (Fsp3) is 0.409. The number of hydrogen-bond acceptors (Lipinski definition) is 6. The van der Waals surface area contributed by atoms with Crippen LogP contribution in [0.5, 0.6) is 0 Å². The first-order valence-corrected chi connectivity index (χ1v) is 10.8. The number of ether oxygens (including phenoxy) is 1. The summed E-state index contributed by atoms with van der Waals surface area (Å²) in [5.41, 5.74) is 2.06. The lowest BCUT2D eigenvalue weighted by atomic mass is 10.00. The van der Waals surface area contributed by atoms with Crippen LogP contribution in [0.15, 0.2) is 41.8 Å². The Balaban J connectivity index is 1.70. The molecular formula is C22H26N2O5S. The molecule has 1 aromatic carbocycles. The van der Waals surface area contributed by atoms with Crippen LogP contribution in [0.3, 0.4) is 0 Å². The minimum atomic E-state index is -1.05. The van der Waals surface area contributed by atoms with E-state index in [1.54, 1.807) is 6.92 Å². The highest BCUT2D eigenvalue weighted by atomic mass is 32.1. The summed E-state index contributed by atoms with van der Waals surface area (Å²) in [5.74, 6) is -1.83. The number of amides is 1. The van der Waals surface area contributed by atoms with E-state index in [0.29, 0.717) is 30.7 Å². The van der Waals surface area contributed by atoms with Crippen LogP contribution in [-0.2, 0) is 32.0 Å². The molecule has 1 aromatic heterocycles. The van der Waals surface area contributed by atoms with Gasteiger partial charge < -0.3 is 14.7 Å². The van der Waals surface area contributed by atoms with Crippen LogP contribution in [0.1, 0.15) is 35.4 Å². The number of esters is 1. The number of hydrogen-bond donors (Lipinski definition) is 2. The van der Waals surface area contributed by atoms with Gasteiger partial charge in [0, 0.05) is 11.4 Å². The predicted octanol–water partition coefficient (Wildman–Crippen LogP) is 2.41. The monoisotopic (exact) mass is 430 g/mol. The van der Waals surface area contributed by atoms with Crippen molar-refractivity contribution in [1.82, 2.24) is 10.2 Å². The Labute approximate surface area is 179 Å². The zero-order valence-electron chi connectivity index (χ0n) is 17.0. The van der Waals surface area contributed by atoms with Crippen LogP contribution in [0.4, 0.5) is 0 Å². The standard InChI is InChI=1S/C22H26N2O5S/c1-14(23-17(22(28)29-2)9-8-15-6-4-3-5-7-15)20(25)24-12-10-16-11-13-30-19(16)18(24)21(26)27/h3-7,11,13-14,17-18,23H,8-10,12H2,1-2H3,(H,26,27). The minimum absolute atomic E-state index is 0.332. The number of carbonyl (C=O) groups excluding carboxylic acids is 2. The first-order chi connectivity index (χ1) is 14.4. The number of benzene rings is 1. The molecule has 2 N–H and O–H groups in total. The molecule has 7 nitrogen and oxygen atoms in total. The van der Waals surface area contributed by atoms with E-state index in [1.165, 1.54) is 23.3 Å². The molecule has 0 saturated heterocycles. The van der Waals surface area contributed by atoms with E-state index in [-0.39, 0.29) is 5.91 Å². The van der Waals surface area contributed by atoms with Gasteiger partial charge in [0.25, 0.3) is 0 Å². The van der Waals surface area contributed by atoms with Gasteiger partial charge in [-0.05, 0) is 48.8 Å². The molecule has 1 aliphatic heterocycles. The van der Waals surface area contributed by atoms with Crippen molar-refractivity contribution in [1.29, 1.82) is 0 Å². The predicted molar refractivity (Wildman–Crippen MR) is 113 cm³/mol. The Morgan fingerprint density at radius 1 is 1.27 bits per heavy atom. The summed E-state index contributed by atoms with van der Waals surface area (Å²) >= 11 is 1.35. The van der Waals surface area contributed by atoms with Crippen molar-refractivity contribution >= 4 is 29.2 Å². The molecule has 1 amide bonds. The zero-order valence-corrected chi connectivity index (χ0v) is 17.9. The Morgan fingerprint density at radius 3 is 2.67 bits per heavy atom. The summed E-state index contributed by atoms with van der Waals surface area (Å²) in [4.78, 5) is 39.4. The molecule has 0 fully saturated rings. The normalized spacial score (nSPS) is 17.7. The highest BCUT2D eigenvalue weighted by molar-refractivity contribution is 7.10. The van der Waals surface area contributed by atoms with Crippen LogP contribution < -0.4 is 5.32 Å². The molecule has 0 spiro atoms. The SMILES string of the molecule is COC(=O)C(CCc1ccccc1)NC(C)C(=O)N1CCc2ccsc2C1C(=O)O. The van der Waals surface area contributed by atoms with E-state index in [9.17, 15) is 19.5 Å². The highest BCUT2D eigenvalue weighted by Crippen LogP contribution is 2.34. The van der Waals surface area contributed by atoms with Gasteiger partial charge in [-0.1, -0.05) is 30.3 Å². The molecule has 160 valence electrons. The van der Waals surface area contributed by atoms with Gasteiger partial charge in [0.15, 0.2) is 6.04 Å². The van der Waals surface area contributed by atoms with Crippen LogP contribution in [0, 0.1) is 0 Å². The molecule has 3 atom stereocenters. The van der Waals surface area contributed by atoms with Gasteiger partial charge >= 0.3 is 11.9 Å². The first kappa shape index (κ1) is 22.0. The van der Waals surface area contributed by atoms with E-state index >= 15 is 0 Å². The van der Waals surface area contributed by atoms with E-state index < -0.39 is 30.1 Å². The van der Waals surface area contributed by atoms with Crippen molar-refractivity contribution in [3.05, 3.63) is 57.8 Å². The molecule has 0 radical (unpaired) electrons. The number of aryl methyl sites for hydroxylation is 1. The number of thiophene rings is 1. The smallest absolute Gasteiger partial charge is 0.331 e. The van der Waals surface area contributed by atoms with Gasteiger partial charge in [0.1, 0.15) is 6.04 Å². The molecule has 2 heterocycles. The van der Waals surface area contributed by atoms with Crippen molar-refractivity contribution in [3.8, 4) is 0 Å². The summed E-state index contributed by atoms with van der Waals surface area (Å²) in [6.07, 6.45) is 1.73. The van der Waals surface area contributed by atoms with Crippen LogP contribution >= 0.6 is 11.3 Å². The summed E-state index contributed by atoms with van der Waals surface area (Å²) in [5, 5.41) is 14.7. The van der Waals surface area contributed by atoms with Crippen LogP contribution in [0.2, 0.25) is 0 Å². The maximum absolute atomic E-state index is 13.1. The van der Waals surface area contributed by atoms with E-state index in [0.717, 1.165) is 11.1 Å². The first-order valence-electron chi connectivity index (χ1n) is 9.89. The van der Waals surface area contributed by atoms with Gasteiger partial charge in [-0.3, -0.25) is 14.9 Å². The van der Waals surface area contributed by atoms with Gasteiger partial charge in [-0.2, -0.15) is 0 Å². The van der Waals surface area contributed by atoms with Gasteiger partial charge in [0.2, 0.25) is 5.91 Å². The number of carboxylic acid groups (broad SMARTS) is 1.